The molecule has 9 nitrogen and oxygen atoms in total. The van der Waals surface area contributed by atoms with Gasteiger partial charge in [0.1, 0.15) is 6.54 Å². The highest BCUT2D eigenvalue weighted by atomic mass is 16.4. The third kappa shape index (κ3) is 3.10. The number of rotatable bonds is 5. The molecule has 0 atom stereocenters. The molecule has 2 N–H and O–H groups in total. The van der Waals surface area contributed by atoms with E-state index in [-0.39, 0.29) is 18.5 Å². The molecule has 2 aromatic rings. The highest BCUT2D eigenvalue weighted by molar-refractivity contribution is 5.88. The van der Waals surface area contributed by atoms with Crippen LogP contribution in [0.4, 0.5) is 6.01 Å². The van der Waals surface area contributed by atoms with Crippen LogP contribution in [0.1, 0.15) is 11.6 Å². The van der Waals surface area contributed by atoms with Crippen LogP contribution in [0, 0.1) is 6.92 Å². The van der Waals surface area contributed by atoms with Crippen molar-refractivity contribution in [3.05, 3.63) is 17.8 Å². The molecule has 18 heavy (non-hydrogen) atoms. The second-order valence-corrected chi connectivity index (χ2v) is 3.61. The summed E-state index contributed by atoms with van der Waals surface area (Å²) in [7, 11) is 1.81. The predicted molar refractivity (Wildman–Crippen MR) is 60.5 cm³/mol. The Labute approximate surface area is 103 Å². The van der Waals surface area contributed by atoms with E-state index in [1.807, 2.05) is 7.05 Å². The van der Waals surface area contributed by atoms with Gasteiger partial charge in [0.15, 0.2) is 0 Å². The van der Waals surface area contributed by atoms with Crippen molar-refractivity contribution >= 4 is 11.9 Å². The number of carbonyl (C=O) groups excluding carboxylic acids is 1. The molecule has 2 heterocycles. The van der Waals surface area contributed by atoms with Gasteiger partial charge in [0.05, 0.1) is 11.9 Å². The van der Waals surface area contributed by atoms with Crippen LogP contribution >= 0.6 is 0 Å². The van der Waals surface area contributed by atoms with E-state index in [1.165, 1.54) is 4.68 Å². The lowest BCUT2D eigenvalue weighted by Crippen LogP contribution is -2.19. The van der Waals surface area contributed by atoms with Gasteiger partial charge in [-0.2, -0.15) is 0 Å². The molecular weight excluding hydrogens is 238 g/mol. The maximum Gasteiger partial charge on any atom is 0.322 e. The zero-order valence-electron chi connectivity index (χ0n) is 10.0. The van der Waals surface area contributed by atoms with Crippen molar-refractivity contribution in [1.29, 1.82) is 0 Å². The van der Waals surface area contributed by atoms with Crippen LogP contribution < -0.4 is 10.6 Å². The molecule has 0 saturated heterocycles. The molecule has 0 spiro atoms. The maximum atomic E-state index is 11.6. The largest absolute Gasteiger partial charge is 0.408 e. The molecule has 0 aliphatic heterocycles. The second kappa shape index (κ2) is 5.36. The van der Waals surface area contributed by atoms with E-state index in [1.54, 1.807) is 13.1 Å². The highest BCUT2D eigenvalue weighted by Gasteiger charge is 2.09. The molecule has 0 unspecified atom stereocenters. The van der Waals surface area contributed by atoms with Crippen LogP contribution in [0.5, 0.6) is 0 Å². The lowest BCUT2D eigenvalue weighted by Gasteiger charge is -1.99. The first-order valence-corrected chi connectivity index (χ1v) is 5.31. The van der Waals surface area contributed by atoms with Gasteiger partial charge in [0, 0.05) is 13.5 Å². The quantitative estimate of drug-likeness (QED) is 0.724. The summed E-state index contributed by atoms with van der Waals surface area (Å²) < 4.78 is 6.46. The second-order valence-electron chi connectivity index (χ2n) is 3.61. The van der Waals surface area contributed by atoms with Crippen LogP contribution in [-0.2, 0) is 17.9 Å². The summed E-state index contributed by atoms with van der Waals surface area (Å²) in [6.45, 7) is 2.28. The number of anilines is 1. The van der Waals surface area contributed by atoms with E-state index in [0.717, 1.165) is 5.69 Å². The average molecular weight is 251 g/mol. The van der Waals surface area contributed by atoms with Crippen molar-refractivity contribution < 1.29 is 9.21 Å². The number of aryl methyl sites for hydroxylation is 1. The zero-order chi connectivity index (χ0) is 13.0. The van der Waals surface area contributed by atoms with Crippen molar-refractivity contribution in [1.82, 2.24) is 30.5 Å². The molecular formula is C9H13N7O2. The Balaban J connectivity index is 1.90. The van der Waals surface area contributed by atoms with E-state index in [9.17, 15) is 4.79 Å². The summed E-state index contributed by atoms with van der Waals surface area (Å²) >= 11 is 0. The van der Waals surface area contributed by atoms with Crippen LogP contribution in [0.25, 0.3) is 0 Å². The highest BCUT2D eigenvalue weighted by Crippen LogP contribution is 2.03. The Morgan fingerprint density at radius 3 is 2.94 bits per heavy atom. The predicted octanol–water partition coefficient (Wildman–Crippen LogP) is -0.672. The van der Waals surface area contributed by atoms with Crippen LogP contribution in [-0.4, -0.2) is 38.1 Å². The lowest BCUT2D eigenvalue weighted by molar-refractivity contribution is -0.117. The smallest absolute Gasteiger partial charge is 0.322 e. The van der Waals surface area contributed by atoms with Gasteiger partial charge in [0.2, 0.25) is 11.8 Å². The Bertz CT molecular complexity index is 533. The summed E-state index contributed by atoms with van der Waals surface area (Å²) in [5, 5.41) is 20.4. The molecule has 0 fully saturated rings. The molecule has 0 aliphatic rings. The summed E-state index contributed by atoms with van der Waals surface area (Å²) in [5.74, 6) is 0.0851. The van der Waals surface area contributed by atoms with E-state index < -0.39 is 0 Å². The Hall–Kier alpha value is -2.29. The molecule has 2 aromatic heterocycles. The van der Waals surface area contributed by atoms with Crippen molar-refractivity contribution in [3.63, 3.8) is 0 Å². The van der Waals surface area contributed by atoms with Gasteiger partial charge in [0.25, 0.3) is 0 Å². The van der Waals surface area contributed by atoms with Crippen molar-refractivity contribution in [2.45, 2.75) is 20.0 Å². The minimum Gasteiger partial charge on any atom is -0.408 e. The molecule has 9 heteroatoms. The first kappa shape index (κ1) is 12.2. The minimum atomic E-state index is -0.306. The number of nitrogens with one attached hydrogen (secondary N) is 2. The third-order valence-electron chi connectivity index (χ3n) is 2.02. The molecule has 0 aliphatic carbocycles. The topological polar surface area (TPSA) is 111 Å². The van der Waals surface area contributed by atoms with Crippen LogP contribution in [0.3, 0.4) is 0 Å². The molecule has 96 valence electrons. The summed E-state index contributed by atoms with van der Waals surface area (Å²) in [6.07, 6.45) is 1.69. The summed E-state index contributed by atoms with van der Waals surface area (Å²) in [6, 6.07) is 0.0769. The number of aromatic nitrogens is 5. The summed E-state index contributed by atoms with van der Waals surface area (Å²) in [4.78, 5) is 11.6. The van der Waals surface area contributed by atoms with Gasteiger partial charge in [-0.25, -0.2) is 4.68 Å². The van der Waals surface area contributed by atoms with Gasteiger partial charge in [-0.05, 0) is 7.05 Å². The lowest BCUT2D eigenvalue weighted by atomic mass is 10.5. The van der Waals surface area contributed by atoms with Crippen molar-refractivity contribution in [3.8, 4) is 0 Å². The van der Waals surface area contributed by atoms with E-state index >= 15 is 0 Å². The normalized spacial score (nSPS) is 10.6. The molecule has 0 radical (unpaired) electrons. The van der Waals surface area contributed by atoms with Gasteiger partial charge in [-0.15, -0.1) is 10.2 Å². The SMILES string of the molecule is CNCc1cn(CC(=O)Nc2nnc(C)o2)nn1. The van der Waals surface area contributed by atoms with Gasteiger partial charge in [-0.3, -0.25) is 10.1 Å². The standard InChI is InChI=1S/C9H13N7O2/c1-6-12-14-9(18-6)11-8(17)5-16-4-7(3-10-2)13-15-16/h4,10H,3,5H2,1-2H3,(H,11,14,17). The van der Waals surface area contributed by atoms with E-state index in [4.69, 9.17) is 4.42 Å². The van der Waals surface area contributed by atoms with Crippen molar-refractivity contribution in [2.75, 3.05) is 12.4 Å². The third-order valence-corrected chi connectivity index (χ3v) is 2.02. The first-order chi connectivity index (χ1) is 8.67. The Morgan fingerprint density at radius 1 is 1.44 bits per heavy atom. The number of nitrogens with zero attached hydrogens (tertiary/aromatic N) is 5. The minimum absolute atomic E-state index is 0.0398. The van der Waals surface area contributed by atoms with Gasteiger partial charge >= 0.3 is 6.01 Å². The molecule has 1 amide bonds. The first-order valence-electron chi connectivity index (χ1n) is 5.31. The number of hydrogen-bond donors (Lipinski definition) is 2. The van der Waals surface area contributed by atoms with Crippen LogP contribution in [0.2, 0.25) is 0 Å². The number of hydrogen-bond acceptors (Lipinski definition) is 7. The average Bonchev–Trinajstić information content (AvgIpc) is 2.89. The molecule has 0 aromatic carbocycles. The van der Waals surface area contributed by atoms with Gasteiger partial charge < -0.3 is 9.73 Å². The number of carbonyl (C=O) groups is 1. The Kier molecular flexibility index (Phi) is 3.63. The molecule has 0 saturated carbocycles. The monoisotopic (exact) mass is 251 g/mol. The fraction of sp³-hybridized carbons (Fsp3) is 0.444. The molecule has 0 bridgehead atoms. The maximum absolute atomic E-state index is 11.6. The number of amides is 1. The van der Waals surface area contributed by atoms with Crippen LogP contribution in [0.15, 0.2) is 10.6 Å². The fourth-order valence-electron chi connectivity index (χ4n) is 1.33. The van der Waals surface area contributed by atoms with Crippen molar-refractivity contribution in [2.24, 2.45) is 0 Å². The van der Waals surface area contributed by atoms with E-state index in [2.05, 4.69) is 31.1 Å². The molecule has 2 rings (SSSR count). The van der Waals surface area contributed by atoms with Gasteiger partial charge in [-0.1, -0.05) is 10.3 Å². The van der Waals surface area contributed by atoms with E-state index in [0.29, 0.717) is 12.4 Å². The summed E-state index contributed by atoms with van der Waals surface area (Å²) in [5.41, 5.74) is 0.763. The zero-order valence-corrected chi connectivity index (χ0v) is 10.0. The Morgan fingerprint density at radius 2 is 2.28 bits per heavy atom. The fourth-order valence-corrected chi connectivity index (χ4v) is 1.33.